The van der Waals surface area contributed by atoms with E-state index in [9.17, 15) is 28.7 Å². The first kappa shape index (κ1) is 24.9. The molecule has 3 N–H and O–H groups in total. The van der Waals surface area contributed by atoms with Gasteiger partial charge in [0.1, 0.15) is 22.8 Å². The Morgan fingerprint density at radius 3 is 2.24 bits per heavy atom. The Kier molecular flexibility index (Phi) is 6.46. The maximum Gasteiger partial charge on any atom is 0.287 e. The van der Waals surface area contributed by atoms with Crippen LogP contribution in [0.3, 0.4) is 0 Å². The number of carbonyl (C=O) groups is 2. The molecule has 192 valence electrons. The van der Waals surface area contributed by atoms with Crippen molar-refractivity contribution in [3.8, 4) is 17.2 Å². The summed E-state index contributed by atoms with van der Waals surface area (Å²) in [6.07, 6.45) is 0.0695. The topological polar surface area (TPSA) is 115 Å². The summed E-state index contributed by atoms with van der Waals surface area (Å²) < 4.78 is 31.4. The lowest BCUT2D eigenvalue weighted by molar-refractivity contribution is -0.129. The lowest BCUT2D eigenvalue weighted by Crippen LogP contribution is -2.61. The molecular weight excluding hydrogens is 480 g/mol. The van der Waals surface area contributed by atoms with E-state index in [4.69, 9.17) is 4.42 Å². The molecule has 2 aliphatic carbocycles. The molecule has 3 aromatic rings. The number of furan rings is 1. The largest absolute Gasteiger partial charge is 0.451 e. The number of nitrogens with one attached hydrogen (secondary N) is 2. The van der Waals surface area contributed by atoms with Crippen molar-refractivity contribution in [3.63, 3.8) is 0 Å². The fraction of sp³-hybridized carbons (Fsp3) is 0.393. The number of aliphatic hydroxyl groups is 1. The molecule has 0 radical (unpaired) electrons. The van der Waals surface area contributed by atoms with Crippen molar-refractivity contribution in [2.24, 2.45) is 0 Å². The number of nitrogens with zero attached hydrogens (tertiary/aromatic N) is 1. The Labute approximate surface area is 212 Å². The third-order valence-corrected chi connectivity index (χ3v) is 7.38. The number of hydrogen-bond donors (Lipinski definition) is 3. The summed E-state index contributed by atoms with van der Waals surface area (Å²) in [5, 5.41) is 25.4. The minimum atomic E-state index is -2.87. The van der Waals surface area contributed by atoms with Crippen LogP contribution in [0.1, 0.15) is 67.2 Å². The minimum Gasteiger partial charge on any atom is -0.451 e. The Balaban J connectivity index is 1.36. The van der Waals surface area contributed by atoms with Gasteiger partial charge in [-0.1, -0.05) is 55.7 Å². The Bertz CT molecular complexity index is 1370. The van der Waals surface area contributed by atoms with E-state index in [1.54, 1.807) is 30.3 Å². The fourth-order valence-corrected chi connectivity index (χ4v) is 4.91. The van der Waals surface area contributed by atoms with Gasteiger partial charge in [-0.3, -0.25) is 9.59 Å². The fourth-order valence-electron chi connectivity index (χ4n) is 4.91. The summed E-state index contributed by atoms with van der Waals surface area (Å²) in [6, 6.07) is 15.3. The lowest BCUT2D eigenvalue weighted by Gasteiger charge is -2.37. The molecule has 1 unspecified atom stereocenters. The van der Waals surface area contributed by atoms with Gasteiger partial charge >= 0.3 is 0 Å². The number of benzene rings is 2. The molecule has 1 heterocycles. The molecule has 0 saturated heterocycles. The van der Waals surface area contributed by atoms with Crippen LogP contribution in [0.15, 0.2) is 52.9 Å². The highest BCUT2D eigenvalue weighted by atomic mass is 19.3. The molecule has 7 nitrogen and oxygen atoms in total. The molecular formula is C28H27F2N3O4. The Hall–Kier alpha value is -3.77. The first-order valence-corrected chi connectivity index (χ1v) is 12.4. The van der Waals surface area contributed by atoms with Crippen molar-refractivity contribution < 1.29 is 27.9 Å². The van der Waals surface area contributed by atoms with Crippen LogP contribution in [0, 0.1) is 11.3 Å². The van der Waals surface area contributed by atoms with Crippen molar-refractivity contribution in [2.75, 3.05) is 0 Å². The maximum atomic E-state index is 13.2. The number of hydrogen-bond acceptors (Lipinski definition) is 5. The normalized spacial score (nSPS) is 18.7. The second-order valence-electron chi connectivity index (χ2n) is 10.0. The van der Waals surface area contributed by atoms with Crippen LogP contribution >= 0.6 is 0 Å². The van der Waals surface area contributed by atoms with Gasteiger partial charge in [-0.05, 0) is 54.5 Å². The van der Waals surface area contributed by atoms with Gasteiger partial charge in [-0.2, -0.15) is 5.26 Å². The summed E-state index contributed by atoms with van der Waals surface area (Å²) in [7, 11) is 0. The smallest absolute Gasteiger partial charge is 0.287 e. The van der Waals surface area contributed by atoms with Crippen molar-refractivity contribution in [1.82, 2.24) is 10.6 Å². The third-order valence-electron chi connectivity index (χ3n) is 7.38. The summed E-state index contributed by atoms with van der Waals surface area (Å²) in [5.74, 6) is -0.748. The van der Waals surface area contributed by atoms with E-state index >= 15 is 0 Å². The SMILES string of the molecule is N#CC1(NC(=O)C2(NC(=O)c3cc4ccc(-c5ccc(C(O)C(F)F)cc5)cc4o3)CCCCC2)CC1. The number of carbonyl (C=O) groups excluding carboxylic acids is 2. The van der Waals surface area contributed by atoms with E-state index < -0.39 is 29.5 Å². The molecule has 2 aliphatic rings. The zero-order valence-electron chi connectivity index (χ0n) is 20.1. The van der Waals surface area contributed by atoms with E-state index in [-0.39, 0.29) is 17.2 Å². The second-order valence-corrected chi connectivity index (χ2v) is 10.0. The first-order chi connectivity index (χ1) is 17.7. The molecule has 1 atom stereocenters. The molecule has 2 amide bonds. The Morgan fingerprint density at radius 1 is 0.946 bits per heavy atom. The van der Waals surface area contributed by atoms with Crippen LogP contribution in [-0.2, 0) is 4.79 Å². The van der Waals surface area contributed by atoms with Crippen molar-refractivity contribution >= 4 is 22.8 Å². The van der Waals surface area contributed by atoms with Crippen molar-refractivity contribution in [1.29, 1.82) is 5.26 Å². The summed E-state index contributed by atoms with van der Waals surface area (Å²) in [5.41, 5.74) is 0.164. The standard InChI is InChI=1S/C28H27F2N3O4/c29-24(30)23(34)18-6-4-17(5-7-18)19-8-9-20-15-22(37-21(20)14-19)25(35)32-28(10-2-1-3-11-28)26(36)33-27(16-31)12-13-27/h4-9,14-15,23-24,34H,1-3,10-13H2,(H,32,35)(H,33,36). The van der Waals surface area contributed by atoms with Crippen LogP contribution < -0.4 is 10.6 Å². The minimum absolute atomic E-state index is 0.0710. The molecule has 2 aromatic carbocycles. The number of halogens is 2. The van der Waals surface area contributed by atoms with Gasteiger partial charge in [0.2, 0.25) is 5.91 Å². The van der Waals surface area contributed by atoms with E-state index in [1.165, 1.54) is 12.1 Å². The average molecular weight is 508 g/mol. The second kappa shape index (κ2) is 9.60. The quantitative estimate of drug-likeness (QED) is 0.416. The number of fused-ring (bicyclic) bond motifs is 1. The number of amides is 2. The molecule has 9 heteroatoms. The van der Waals surface area contributed by atoms with E-state index in [0.29, 0.717) is 36.7 Å². The lowest BCUT2D eigenvalue weighted by atomic mass is 9.80. The van der Waals surface area contributed by atoms with Crippen LogP contribution in [0.25, 0.3) is 22.1 Å². The van der Waals surface area contributed by atoms with Crippen molar-refractivity contribution in [3.05, 3.63) is 59.9 Å². The molecule has 0 bridgehead atoms. The zero-order valence-corrected chi connectivity index (χ0v) is 20.1. The van der Waals surface area contributed by atoms with E-state index in [2.05, 4.69) is 16.7 Å². The predicted octanol–water partition coefficient (Wildman–Crippen LogP) is 5.00. The van der Waals surface area contributed by atoms with Crippen LogP contribution in [0.5, 0.6) is 0 Å². The summed E-state index contributed by atoms with van der Waals surface area (Å²) in [6.45, 7) is 0. The van der Waals surface area contributed by atoms with E-state index in [1.807, 2.05) is 6.07 Å². The molecule has 37 heavy (non-hydrogen) atoms. The van der Waals surface area contributed by atoms with Gasteiger partial charge in [0.15, 0.2) is 5.76 Å². The van der Waals surface area contributed by atoms with Crippen molar-refractivity contribution in [2.45, 2.75) is 68.6 Å². The van der Waals surface area contributed by atoms with Gasteiger partial charge in [0.25, 0.3) is 12.3 Å². The van der Waals surface area contributed by atoms with Crippen LogP contribution in [0.2, 0.25) is 0 Å². The van der Waals surface area contributed by atoms with Crippen LogP contribution in [-0.4, -0.2) is 34.4 Å². The summed E-state index contributed by atoms with van der Waals surface area (Å²) in [4.78, 5) is 26.4. The number of alkyl halides is 2. The highest BCUT2D eigenvalue weighted by molar-refractivity contribution is 6.00. The van der Waals surface area contributed by atoms with Gasteiger partial charge in [-0.15, -0.1) is 0 Å². The number of aliphatic hydroxyl groups excluding tert-OH is 1. The van der Waals surface area contributed by atoms with Gasteiger partial charge < -0.3 is 20.2 Å². The molecule has 2 saturated carbocycles. The number of nitriles is 1. The highest BCUT2D eigenvalue weighted by Gasteiger charge is 2.50. The molecule has 1 aromatic heterocycles. The monoisotopic (exact) mass is 507 g/mol. The van der Waals surface area contributed by atoms with Gasteiger partial charge in [0.05, 0.1) is 6.07 Å². The predicted molar refractivity (Wildman–Crippen MR) is 132 cm³/mol. The summed E-state index contributed by atoms with van der Waals surface area (Å²) >= 11 is 0. The molecule has 0 aliphatic heterocycles. The third kappa shape index (κ3) is 4.94. The highest BCUT2D eigenvalue weighted by Crippen LogP contribution is 2.37. The average Bonchev–Trinajstić information content (AvgIpc) is 3.55. The van der Waals surface area contributed by atoms with Gasteiger partial charge in [-0.25, -0.2) is 8.78 Å². The zero-order chi connectivity index (χ0) is 26.2. The van der Waals surface area contributed by atoms with Crippen LogP contribution in [0.4, 0.5) is 8.78 Å². The maximum absolute atomic E-state index is 13.2. The Morgan fingerprint density at radius 2 is 1.62 bits per heavy atom. The molecule has 5 rings (SSSR count). The molecule has 0 spiro atoms. The van der Waals surface area contributed by atoms with Gasteiger partial charge in [0, 0.05) is 5.39 Å². The molecule has 2 fully saturated rings. The number of rotatable bonds is 7. The van der Waals surface area contributed by atoms with E-state index in [0.717, 1.165) is 30.4 Å². The first-order valence-electron chi connectivity index (χ1n) is 12.4.